The highest BCUT2D eigenvalue weighted by Gasteiger charge is 2.09. The summed E-state index contributed by atoms with van der Waals surface area (Å²) in [5.74, 6) is 2.12. The van der Waals surface area contributed by atoms with Gasteiger partial charge in [0.05, 0.1) is 6.10 Å². The third kappa shape index (κ3) is 4.45. The van der Waals surface area contributed by atoms with Crippen molar-refractivity contribution in [3.63, 3.8) is 0 Å². The predicted octanol–water partition coefficient (Wildman–Crippen LogP) is 4.14. The lowest BCUT2D eigenvalue weighted by molar-refractivity contribution is 0.208. The van der Waals surface area contributed by atoms with Crippen molar-refractivity contribution in [3.8, 4) is 17.3 Å². The fourth-order valence-electron chi connectivity index (χ4n) is 1.83. The molecule has 0 bridgehead atoms. The molecule has 1 heterocycles. The molecule has 2 rings (SSSR count). The fraction of sp³-hybridized carbons (Fsp3) is 0.412. The normalized spacial score (nSPS) is 12.0. The van der Waals surface area contributed by atoms with Crippen molar-refractivity contribution >= 4 is 5.82 Å². The summed E-state index contributed by atoms with van der Waals surface area (Å²) in [6.07, 6.45) is 2.14. The van der Waals surface area contributed by atoms with Crippen molar-refractivity contribution < 1.29 is 4.74 Å². The molecule has 112 valence electrons. The smallest absolute Gasteiger partial charge is 0.219 e. The molecule has 4 heteroatoms. The molecule has 1 unspecified atom stereocenters. The second-order valence-corrected chi connectivity index (χ2v) is 5.04. The summed E-state index contributed by atoms with van der Waals surface area (Å²) in [5.41, 5.74) is 0.992. The molecule has 2 aromatic rings. The molecule has 0 radical (unpaired) electrons. The van der Waals surface area contributed by atoms with Gasteiger partial charge in [0, 0.05) is 18.2 Å². The van der Waals surface area contributed by atoms with Crippen molar-refractivity contribution in [2.75, 3.05) is 11.9 Å². The van der Waals surface area contributed by atoms with Gasteiger partial charge in [-0.3, -0.25) is 0 Å². The zero-order valence-electron chi connectivity index (χ0n) is 13.0. The minimum absolute atomic E-state index is 0.141. The monoisotopic (exact) mass is 285 g/mol. The molecule has 0 amide bonds. The zero-order chi connectivity index (χ0) is 15.1. The van der Waals surface area contributed by atoms with Crippen molar-refractivity contribution in [1.82, 2.24) is 9.97 Å². The van der Waals surface area contributed by atoms with E-state index in [-0.39, 0.29) is 6.10 Å². The van der Waals surface area contributed by atoms with E-state index in [1.54, 1.807) is 0 Å². The standard InChI is InChI=1S/C17H23N3O/c1-4-11-18-15-12-16(21-13(3)5-2)20-17(19-15)14-9-7-6-8-10-14/h6-10,12-13H,4-5,11H2,1-3H3,(H,18,19,20). The van der Waals surface area contributed by atoms with Crippen LogP contribution in [0, 0.1) is 0 Å². The molecule has 0 aliphatic heterocycles. The second kappa shape index (κ2) is 7.62. The summed E-state index contributed by atoms with van der Waals surface area (Å²) >= 11 is 0. The van der Waals surface area contributed by atoms with Gasteiger partial charge in [0.15, 0.2) is 5.82 Å². The molecule has 0 saturated heterocycles. The zero-order valence-corrected chi connectivity index (χ0v) is 13.0. The molecule has 0 fully saturated rings. The van der Waals surface area contributed by atoms with Gasteiger partial charge in [0.1, 0.15) is 5.82 Å². The van der Waals surface area contributed by atoms with E-state index in [1.807, 2.05) is 43.3 Å². The molecule has 1 aromatic carbocycles. The Labute approximate surface area is 126 Å². The van der Waals surface area contributed by atoms with Gasteiger partial charge in [-0.25, -0.2) is 4.98 Å². The van der Waals surface area contributed by atoms with Crippen LogP contribution in [0.2, 0.25) is 0 Å². The Hall–Kier alpha value is -2.10. The molecular weight excluding hydrogens is 262 g/mol. The van der Waals surface area contributed by atoms with E-state index >= 15 is 0 Å². The van der Waals surface area contributed by atoms with Crippen LogP contribution < -0.4 is 10.1 Å². The number of benzene rings is 1. The quantitative estimate of drug-likeness (QED) is 0.830. The van der Waals surface area contributed by atoms with E-state index in [1.165, 1.54) is 0 Å². The van der Waals surface area contributed by atoms with Crippen LogP contribution in [0.25, 0.3) is 11.4 Å². The summed E-state index contributed by atoms with van der Waals surface area (Å²) in [4.78, 5) is 9.10. The van der Waals surface area contributed by atoms with E-state index in [0.717, 1.165) is 30.8 Å². The molecule has 0 spiro atoms. The Morgan fingerprint density at radius 2 is 1.90 bits per heavy atom. The lowest BCUT2D eigenvalue weighted by Crippen LogP contribution is -2.12. The Balaban J connectivity index is 2.32. The Kier molecular flexibility index (Phi) is 5.55. The van der Waals surface area contributed by atoms with Crippen LogP contribution in [0.4, 0.5) is 5.82 Å². The predicted molar refractivity (Wildman–Crippen MR) is 86.6 cm³/mol. The van der Waals surface area contributed by atoms with Gasteiger partial charge in [0.25, 0.3) is 0 Å². The first-order valence-electron chi connectivity index (χ1n) is 7.58. The van der Waals surface area contributed by atoms with Crippen molar-refractivity contribution in [2.45, 2.75) is 39.7 Å². The maximum atomic E-state index is 5.86. The summed E-state index contributed by atoms with van der Waals surface area (Å²) in [6, 6.07) is 11.8. The summed E-state index contributed by atoms with van der Waals surface area (Å²) in [6.45, 7) is 7.15. The molecule has 1 N–H and O–H groups in total. The van der Waals surface area contributed by atoms with E-state index in [9.17, 15) is 0 Å². The van der Waals surface area contributed by atoms with Crippen LogP contribution >= 0.6 is 0 Å². The van der Waals surface area contributed by atoms with Gasteiger partial charge < -0.3 is 10.1 Å². The van der Waals surface area contributed by atoms with Crippen LogP contribution in [0.15, 0.2) is 36.4 Å². The van der Waals surface area contributed by atoms with Crippen molar-refractivity contribution in [2.24, 2.45) is 0 Å². The number of nitrogens with zero attached hydrogens (tertiary/aromatic N) is 2. The topological polar surface area (TPSA) is 47.0 Å². The average Bonchev–Trinajstić information content (AvgIpc) is 2.53. The lowest BCUT2D eigenvalue weighted by atomic mass is 10.2. The first kappa shape index (κ1) is 15.3. The van der Waals surface area contributed by atoms with E-state index < -0.39 is 0 Å². The summed E-state index contributed by atoms with van der Waals surface area (Å²) in [5, 5.41) is 3.31. The molecule has 0 saturated carbocycles. The van der Waals surface area contributed by atoms with Gasteiger partial charge >= 0.3 is 0 Å². The van der Waals surface area contributed by atoms with Crippen LogP contribution in [0.3, 0.4) is 0 Å². The molecule has 0 aliphatic rings. The summed E-state index contributed by atoms with van der Waals surface area (Å²) < 4.78 is 5.86. The molecular formula is C17H23N3O. The first-order valence-corrected chi connectivity index (χ1v) is 7.58. The number of nitrogens with one attached hydrogen (secondary N) is 1. The number of hydrogen-bond donors (Lipinski definition) is 1. The second-order valence-electron chi connectivity index (χ2n) is 5.04. The van der Waals surface area contributed by atoms with Gasteiger partial charge in [-0.05, 0) is 19.8 Å². The highest BCUT2D eigenvalue weighted by molar-refractivity contribution is 5.58. The van der Waals surface area contributed by atoms with Gasteiger partial charge in [-0.15, -0.1) is 0 Å². The lowest BCUT2D eigenvalue weighted by Gasteiger charge is -2.14. The number of rotatable bonds is 7. The molecule has 4 nitrogen and oxygen atoms in total. The first-order chi connectivity index (χ1) is 10.2. The fourth-order valence-corrected chi connectivity index (χ4v) is 1.83. The summed E-state index contributed by atoms with van der Waals surface area (Å²) in [7, 11) is 0. The van der Waals surface area contributed by atoms with Crippen molar-refractivity contribution in [3.05, 3.63) is 36.4 Å². The SMILES string of the molecule is CCCNc1cc(OC(C)CC)nc(-c2ccccc2)n1. The van der Waals surface area contributed by atoms with Crippen LogP contribution in [-0.2, 0) is 0 Å². The van der Waals surface area contributed by atoms with Gasteiger partial charge in [-0.2, -0.15) is 4.98 Å². The van der Waals surface area contributed by atoms with Crippen molar-refractivity contribution in [1.29, 1.82) is 0 Å². The number of aromatic nitrogens is 2. The van der Waals surface area contributed by atoms with Gasteiger partial charge in [0.2, 0.25) is 5.88 Å². The van der Waals surface area contributed by atoms with Crippen LogP contribution in [0.1, 0.15) is 33.6 Å². The average molecular weight is 285 g/mol. The third-order valence-electron chi connectivity index (χ3n) is 3.19. The maximum absolute atomic E-state index is 5.86. The number of anilines is 1. The Bertz CT molecular complexity index is 557. The highest BCUT2D eigenvalue weighted by Crippen LogP contribution is 2.22. The van der Waals surface area contributed by atoms with E-state index in [0.29, 0.717) is 11.7 Å². The number of ether oxygens (including phenoxy) is 1. The minimum atomic E-state index is 0.141. The van der Waals surface area contributed by atoms with E-state index in [2.05, 4.69) is 29.1 Å². The molecule has 1 aromatic heterocycles. The minimum Gasteiger partial charge on any atom is -0.475 e. The highest BCUT2D eigenvalue weighted by atomic mass is 16.5. The van der Waals surface area contributed by atoms with Crippen LogP contribution in [0.5, 0.6) is 5.88 Å². The van der Waals surface area contributed by atoms with E-state index in [4.69, 9.17) is 4.74 Å². The Morgan fingerprint density at radius 1 is 1.14 bits per heavy atom. The third-order valence-corrected chi connectivity index (χ3v) is 3.19. The maximum Gasteiger partial charge on any atom is 0.219 e. The number of hydrogen-bond acceptors (Lipinski definition) is 4. The van der Waals surface area contributed by atoms with Crippen LogP contribution in [-0.4, -0.2) is 22.6 Å². The van der Waals surface area contributed by atoms with Gasteiger partial charge in [-0.1, -0.05) is 44.2 Å². The molecule has 0 aliphatic carbocycles. The largest absolute Gasteiger partial charge is 0.475 e. The molecule has 1 atom stereocenters. The Morgan fingerprint density at radius 3 is 2.57 bits per heavy atom. The molecule has 21 heavy (non-hydrogen) atoms.